The van der Waals surface area contributed by atoms with E-state index in [0.29, 0.717) is 5.54 Å². The molecule has 1 aromatic rings. The average Bonchev–Trinajstić information content (AvgIpc) is 2.69. The van der Waals surface area contributed by atoms with E-state index >= 15 is 0 Å². The molecule has 17 heavy (non-hydrogen) atoms. The van der Waals surface area contributed by atoms with Crippen LogP contribution in [0.4, 0.5) is 0 Å². The van der Waals surface area contributed by atoms with Crippen molar-refractivity contribution in [1.82, 2.24) is 5.32 Å². The van der Waals surface area contributed by atoms with Crippen molar-refractivity contribution in [1.29, 1.82) is 0 Å². The third-order valence-corrected chi connectivity index (χ3v) is 4.31. The molecule has 2 rings (SSSR count). The van der Waals surface area contributed by atoms with Gasteiger partial charge in [-0.15, -0.1) is 0 Å². The zero-order valence-electron chi connectivity index (χ0n) is 10.8. The van der Waals surface area contributed by atoms with Crippen molar-refractivity contribution in [2.45, 2.75) is 45.1 Å². The van der Waals surface area contributed by atoms with Crippen molar-refractivity contribution in [2.75, 3.05) is 6.54 Å². The maximum absolute atomic E-state index is 3.76. The molecule has 1 heterocycles. The van der Waals surface area contributed by atoms with Crippen molar-refractivity contribution in [2.24, 2.45) is 5.92 Å². The maximum Gasteiger partial charge on any atom is 0.0224 e. The van der Waals surface area contributed by atoms with E-state index in [9.17, 15) is 0 Å². The molecule has 1 nitrogen and oxygen atoms in total. The summed E-state index contributed by atoms with van der Waals surface area (Å²) in [6, 6.07) is 9.00. The minimum Gasteiger partial charge on any atom is -0.311 e. The predicted molar refractivity (Wildman–Crippen MR) is 82.3 cm³/mol. The van der Waals surface area contributed by atoms with Gasteiger partial charge in [-0.25, -0.2) is 0 Å². The molecule has 1 aromatic carbocycles. The zero-order valence-corrected chi connectivity index (χ0v) is 13.0. The number of hydrogen-bond donors (Lipinski definition) is 1. The third kappa shape index (κ3) is 3.68. The summed E-state index contributed by atoms with van der Waals surface area (Å²) in [4.78, 5) is 0. The van der Waals surface area contributed by atoms with Gasteiger partial charge in [0.1, 0.15) is 0 Å². The first-order valence-corrected chi connectivity index (χ1v) is 7.67. The molecule has 1 N–H and O–H groups in total. The Kier molecular flexibility index (Phi) is 4.47. The summed E-state index contributed by atoms with van der Waals surface area (Å²) in [5.74, 6) is 0.768. The second-order valence-electron chi connectivity index (χ2n) is 5.71. The summed E-state index contributed by atoms with van der Waals surface area (Å²) in [7, 11) is 0. The van der Waals surface area contributed by atoms with Gasteiger partial charge in [0, 0.05) is 9.11 Å². The lowest BCUT2D eigenvalue weighted by Crippen LogP contribution is -2.43. The largest absolute Gasteiger partial charge is 0.311 e. The highest BCUT2D eigenvalue weighted by atomic mass is 127. The van der Waals surface area contributed by atoms with E-state index < -0.39 is 0 Å². The Morgan fingerprint density at radius 1 is 1.29 bits per heavy atom. The van der Waals surface area contributed by atoms with E-state index in [-0.39, 0.29) is 0 Å². The number of benzene rings is 1. The Bertz CT molecular complexity index is 350. The van der Waals surface area contributed by atoms with Gasteiger partial charge >= 0.3 is 0 Å². The van der Waals surface area contributed by atoms with E-state index in [1.54, 1.807) is 0 Å². The van der Waals surface area contributed by atoms with Crippen molar-refractivity contribution >= 4 is 22.6 Å². The van der Waals surface area contributed by atoms with Crippen LogP contribution in [0.2, 0.25) is 0 Å². The van der Waals surface area contributed by atoms with Crippen molar-refractivity contribution < 1.29 is 0 Å². The van der Waals surface area contributed by atoms with Gasteiger partial charge in [-0.2, -0.15) is 0 Å². The van der Waals surface area contributed by atoms with Gasteiger partial charge < -0.3 is 5.32 Å². The first-order chi connectivity index (χ1) is 8.10. The van der Waals surface area contributed by atoms with Gasteiger partial charge in [0.25, 0.3) is 0 Å². The van der Waals surface area contributed by atoms with Crippen molar-refractivity contribution in [3.05, 3.63) is 33.4 Å². The zero-order chi connectivity index (χ0) is 12.3. The standard InChI is InChI=1S/C15H22IN/c1-12(2)10-15(8-3-9-17-15)11-13-4-6-14(16)7-5-13/h4-7,12,17H,3,8-11H2,1-2H3. The molecule has 0 amide bonds. The van der Waals surface area contributed by atoms with Crippen LogP contribution in [0, 0.1) is 9.49 Å². The van der Waals surface area contributed by atoms with Crippen LogP contribution in [-0.2, 0) is 6.42 Å². The fraction of sp³-hybridized carbons (Fsp3) is 0.600. The van der Waals surface area contributed by atoms with Crippen LogP contribution in [0.15, 0.2) is 24.3 Å². The van der Waals surface area contributed by atoms with E-state index in [1.807, 2.05) is 0 Å². The van der Waals surface area contributed by atoms with Crippen LogP contribution in [-0.4, -0.2) is 12.1 Å². The summed E-state index contributed by atoms with van der Waals surface area (Å²) in [6.45, 7) is 5.85. The van der Waals surface area contributed by atoms with Crippen LogP contribution in [0.25, 0.3) is 0 Å². The normalized spacial score (nSPS) is 24.5. The van der Waals surface area contributed by atoms with Gasteiger partial charge in [0.2, 0.25) is 0 Å². The van der Waals surface area contributed by atoms with E-state index in [0.717, 1.165) is 5.92 Å². The van der Waals surface area contributed by atoms with Gasteiger partial charge in [0.15, 0.2) is 0 Å². The molecule has 0 aromatic heterocycles. The topological polar surface area (TPSA) is 12.0 Å². The first kappa shape index (κ1) is 13.3. The molecule has 1 fully saturated rings. The van der Waals surface area contributed by atoms with Crippen LogP contribution >= 0.6 is 22.6 Å². The molecule has 0 aliphatic carbocycles. The molecule has 1 saturated heterocycles. The van der Waals surface area contributed by atoms with Crippen molar-refractivity contribution in [3.63, 3.8) is 0 Å². The lowest BCUT2D eigenvalue weighted by Gasteiger charge is -2.31. The molecule has 1 aliphatic heterocycles. The molecular formula is C15H22IN. The predicted octanol–water partition coefficient (Wildman–Crippen LogP) is 4.00. The summed E-state index contributed by atoms with van der Waals surface area (Å²) < 4.78 is 1.32. The molecule has 94 valence electrons. The number of nitrogens with one attached hydrogen (secondary N) is 1. The highest BCUT2D eigenvalue weighted by molar-refractivity contribution is 14.1. The van der Waals surface area contributed by atoms with Gasteiger partial charge in [-0.3, -0.25) is 0 Å². The van der Waals surface area contributed by atoms with E-state index in [4.69, 9.17) is 0 Å². The van der Waals surface area contributed by atoms with Crippen LogP contribution in [0.3, 0.4) is 0 Å². The number of halogens is 1. The van der Waals surface area contributed by atoms with Crippen molar-refractivity contribution in [3.8, 4) is 0 Å². The van der Waals surface area contributed by atoms with Crippen LogP contribution in [0.1, 0.15) is 38.7 Å². The lowest BCUT2D eigenvalue weighted by atomic mass is 9.82. The van der Waals surface area contributed by atoms with Gasteiger partial charge in [-0.1, -0.05) is 26.0 Å². The molecule has 0 saturated carbocycles. The third-order valence-electron chi connectivity index (χ3n) is 3.59. The lowest BCUT2D eigenvalue weighted by molar-refractivity contribution is 0.301. The molecule has 2 heteroatoms. The first-order valence-electron chi connectivity index (χ1n) is 6.59. The SMILES string of the molecule is CC(C)CC1(Cc2ccc(I)cc2)CCCN1. The Hall–Kier alpha value is -0.0900. The Balaban J connectivity index is 2.09. The van der Waals surface area contributed by atoms with Crippen LogP contribution in [0.5, 0.6) is 0 Å². The Morgan fingerprint density at radius 2 is 2.00 bits per heavy atom. The molecule has 1 unspecified atom stereocenters. The maximum atomic E-state index is 3.76. The van der Waals surface area contributed by atoms with E-state index in [2.05, 4.69) is 66.0 Å². The minimum atomic E-state index is 0.362. The molecule has 1 aliphatic rings. The number of rotatable bonds is 4. The highest BCUT2D eigenvalue weighted by Gasteiger charge is 2.33. The number of hydrogen-bond acceptors (Lipinski definition) is 1. The minimum absolute atomic E-state index is 0.362. The second kappa shape index (κ2) is 5.70. The molecule has 0 spiro atoms. The highest BCUT2D eigenvalue weighted by Crippen LogP contribution is 2.30. The van der Waals surface area contributed by atoms with Gasteiger partial charge in [-0.05, 0) is 78.4 Å². The summed E-state index contributed by atoms with van der Waals surface area (Å²) >= 11 is 2.37. The fourth-order valence-corrected chi connectivity index (χ4v) is 3.40. The Morgan fingerprint density at radius 3 is 2.53 bits per heavy atom. The quantitative estimate of drug-likeness (QED) is 0.815. The second-order valence-corrected chi connectivity index (χ2v) is 6.96. The van der Waals surface area contributed by atoms with E-state index in [1.165, 1.54) is 41.4 Å². The fourth-order valence-electron chi connectivity index (χ4n) is 3.04. The molecule has 1 atom stereocenters. The summed E-state index contributed by atoms with van der Waals surface area (Å²) in [6.07, 6.45) is 5.13. The van der Waals surface area contributed by atoms with Crippen LogP contribution < -0.4 is 5.32 Å². The van der Waals surface area contributed by atoms with Gasteiger partial charge in [0.05, 0.1) is 0 Å². The average molecular weight is 343 g/mol. The Labute approximate surface area is 119 Å². The molecule has 0 radical (unpaired) electrons. The molecule has 0 bridgehead atoms. The molecular weight excluding hydrogens is 321 g/mol. The summed E-state index contributed by atoms with van der Waals surface area (Å²) in [5, 5.41) is 3.76. The smallest absolute Gasteiger partial charge is 0.0224 e. The summed E-state index contributed by atoms with van der Waals surface area (Å²) in [5.41, 5.74) is 1.83. The monoisotopic (exact) mass is 343 g/mol.